The summed E-state index contributed by atoms with van der Waals surface area (Å²) >= 11 is 0. The van der Waals surface area contributed by atoms with Crippen molar-refractivity contribution in [3.63, 3.8) is 0 Å². The molecule has 0 heterocycles. The van der Waals surface area contributed by atoms with Gasteiger partial charge < -0.3 is 14.8 Å². The second kappa shape index (κ2) is 7.45. The van der Waals surface area contributed by atoms with Gasteiger partial charge >= 0.3 is 5.97 Å². The van der Waals surface area contributed by atoms with Gasteiger partial charge in [-0.2, -0.15) is 0 Å². The lowest BCUT2D eigenvalue weighted by Crippen LogP contribution is -2.21. The molecule has 0 fully saturated rings. The minimum absolute atomic E-state index is 0.357. The standard InChI is InChI=1S/C18H19NO4/c1-12-8-13(2)10-14(9-12)18(21)23-11-17(20)19-15-6-4-5-7-16(15)22-3/h4-10H,11H2,1-3H3,(H,19,20). The molecular formula is C18H19NO4. The molecule has 5 heteroatoms. The summed E-state index contributed by atoms with van der Waals surface area (Å²) in [6.07, 6.45) is 0. The molecule has 1 N–H and O–H groups in total. The van der Waals surface area contributed by atoms with Crippen LogP contribution in [0.15, 0.2) is 42.5 Å². The Morgan fingerprint density at radius 3 is 2.35 bits per heavy atom. The summed E-state index contributed by atoms with van der Waals surface area (Å²) in [7, 11) is 1.52. The number of esters is 1. The third-order valence-corrected chi connectivity index (χ3v) is 3.17. The van der Waals surface area contributed by atoms with Crippen LogP contribution in [-0.4, -0.2) is 25.6 Å². The highest BCUT2D eigenvalue weighted by atomic mass is 16.5. The number of ether oxygens (including phenoxy) is 2. The van der Waals surface area contributed by atoms with E-state index in [2.05, 4.69) is 5.32 Å². The van der Waals surface area contributed by atoms with E-state index in [1.165, 1.54) is 7.11 Å². The molecule has 0 atom stereocenters. The van der Waals surface area contributed by atoms with E-state index in [-0.39, 0.29) is 6.61 Å². The van der Waals surface area contributed by atoms with Gasteiger partial charge in [0.2, 0.25) is 0 Å². The van der Waals surface area contributed by atoms with Crippen LogP contribution in [0, 0.1) is 13.8 Å². The number of benzene rings is 2. The molecule has 0 spiro atoms. The van der Waals surface area contributed by atoms with Gasteiger partial charge in [0.15, 0.2) is 6.61 Å². The van der Waals surface area contributed by atoms with E-state index in [0.717, 1.165) is 11.1 Å². The first-order valence-corrected chi connectivity index (χ1v) is 7.18. The molecule has 1 amide bonds. The van der Waals surface area contributed by atoms with Crippen LogP contribution in [0.1, 0.15) is 21.5 Å². The Kier molecular flexibility index (Phi) is 5.36. The molecule has 0 bridgehead atoms. The summed E-state index contributed by atoms with van der Waals surface area (Å²) in [4.78, 5) is 23.9. The van der Waals surface area contributed by atoms with E-state index >= 15 is 0 Å². The number of methoxy groups -OCH3 is 1. The summed E-state index contributed by atoms with van der Waals surface area (Å²) in [6.45, 7) is 3.44. The quantitative estimate of drug-likeness (QED) is 0.861. The molecule has 0 aliphatic heterocycles. The lowest BCUT2D eigenvalue weighted by molar-refractivity contribution is -0.119. The minimum Gasteiger partial charge on any atom is -0.495 e. The zero-order valence-corrected chi connectivity index (χ0v) is 13.4. The minimum atomic E-state index is -0.521. The molecule has 0 aromatic heterocycles. The predicted molar refractivity (Wildman–Crippen MR) is 87.8 cm³/mol. The summed E-state index contributed by atoms with van der Waals surface area (Å²) < 4.78 is 10.2. The number of hydrogen-bond donors (Lipinski definition) is 1. The molecule has 2 aromatic carbocycles. The lowest BCUT2D eigenvalue weighted by Gasteiger charge is -2.10. The summed E-state index contributed by atoms with van der Waals surface area (Å²) in [5.41, 5.74) is 2.90. The van der Waals surface area contributed by atoms with Crippen molar-refractivity contribution in [2.24, 2.45) is 0 Å². The van der Waals surface area contributed by atoms with Crippen LogP contribution in [0.25, 0.3) is 0 Å². The van der Waals surface area contributed by atoms with Gasteiger partial charge in [0.1, 0.15) is 5.75 Å². The fourth-order valence-corrected chi connectivity index (χ4v) is 2.24. The third-order valence-electron chi connectivity index (χ3n) is 3.17. The van der Waals surface area contributed by atoms with Gasteiger partial charge in [-0.3, -0.25) is 4.79 Å². The number of para-hydroxylation sites is 2. The van der Waals surface area contributed by atoms with Crippen molar-refractivity contribution in [1.82, 2.24) is 0 Å². The number of anilines is 1. The van der Waals surface area contributed by atoms with E-state index in [1.54, 1.807) is 36.4 Å². The zero-order chi connectivity index (χ0) is 16.8. The van der Waals surface area contributed by atoms with Gasteiger partial charge in [0.05, 0.1) is 18.4 Å². The highest BCUT2D eigenvalue weighted by Gasteiger charge is 2.12. The van der Waals surface area contributed by atoms with Gasteiger partial charge in [-0.15, -0.1) is 0 Å². The van der Waals surface area contributed by atoms with Crippen molar-refractivity contribution in [3.8, 4) is 5.75 Å². The fraction of sp³-hybridized carbons (Fsp3) is 0.222. The average Bonchev–Trinajstić information content (AvgIpc) is 2.52. The molecule has 120 valence electrons. The van der Waals surface area contributed by atoms with Crippen LogP contribution >= 0.6 is 0 Å². The van der Waals surface area contributed by atoms with E-state index in [0.29, 0.717) is 17.0 Å². The van der Waals surface area contributed by atoms with Gasteiger partial charge in [-0.25, -0.2) is 4.79 Å². The number of amides is 1. The predicted octanol–water partition coefficient (Wildman–Crippen LogP) is 3.11. The second-order valence-electron chi connectivity index (χ2n) is 5.20. The van der Waals surface area contributed by atoms with Gasteiger partial charge in [0, 0.05) is 0 Å². The van der Waals surface area contributed by atoms with Crippen molar-refractivity contribution in [1.29, 1.82) is 0 Å². The molecular weight excluding hydrogens is 294 g/mol. The monoisotopic (exact) mass is 313 g/mol. The Hall–Kier alpha value is -2.82. The fourth-order valence-electron chi connectivity index (χ4n) is 2.24. The molecule has 0 unspecified atom stereocenters. The number of nitrogens with one attached hydrogen (secondary N) is 1. The first-order chi connectivity index (χ1) is 11.0. The maximum Gasteiger partial charge on any atom is 0.338 e. The Morgan fingerprint density at radius 2 is 1.70 bits per heavy atom. The van der Waals surface area contributed by atoms with Crippen LogP contribution in [0.3, 0.4) is 0 Å². The number of hydrogen-bond acceptors (Lipinski definition) is 4. The Labute approximate surface area is 135 Å². The first kappa shape index (κ1) is 16.5. The highest BCUT2D eigenvalue weighted by molar-refractivity contribution is 5.96. The number of rotatable bonds is 5. The molecule has 5 nitrogen and oxygen atoms in total. The van der Waals surface area contributed by atoms with Crippen LogP contribution in [0.4, 0.5) is 5.69 Å². The van der Waals surface area contributed by atoms with Crippen molar-refractivity contribution >= 4 is 17.6 Å². The lowest BCUT2D eigenvalue weighted by atomic mass is 10.1. The molecule has 0 radical (unpaired) electrons. The van der Waals surface area contributed by atoms with Crippen molar-refractivity contribution in [2.75, 3.05) is 19.0 Å². The van der Waals surface area contributed by atoms with Crippen molar-refractivity contribution in [3.05, 3.63) is 59.2 Å². The smallest absolute Gasteiger partial charge is 0.338 e. The average molecular weight is 313 g/mol. The van der Waals surface area contributed by atoms with Crippen LogP contribution in [0.5, 0.6) is 5.75 Å². The molecule has 2 aromatic rings. The highest BCUT2D eigenvalue weighted by Crippen LogP contribution is 2.22. The number of carbonyl (C=O) groups excluding carboxylic acids is 2. The normalized spacial score (nSPS) is 10.0. The van der Waals surface area contributed by atoms with Crippen LogP contribution in [-0.2, 0) is 9.53 Å². The van der Waals surface area contributed by atoms with Crippen molar-refractivity contribution < 1.29 is 19.1 Å². The Balaban J connectivity index is 1.95. The van der Waals surface area contributed by atoms with Gasteiger partial charge in [0.25, 0.3) is 5.91 Å². The zero-order valence-electron chi connectivity index (χ0n) is 13.4. The molecule has 0 saturated heterocycles. The van der Waals surface area contributed by atoms with E-state index in [9.17, 15) is 9.59 Å². The molecule has 0 aliphatic carbocycles. The summed E-state index contributed by atoms with van der Waals surface area (Å²) in [5, 5.41) is 2.65. The topological polar surface area (TPSA) is 64.6 Å². The molecule has 0 saturated carbocycles. The molecule has 0 aliphatic rings. The Morgan fingerprint density at radius 1 is 1.04 bits per heavy atom. The summed E-state index contributed by atoms with van der Waals surface area (Å²) in [5.74, 6) is -0.402. The van der Waals surface area contributed by atoms with E-state index in [1.807, 2.05) is 19.9 Å². The second-order valence-corrected chi connectivity index (χ2v) is 5.20. The number of carbonyl (C=O) groups is 2. The molecule has 23 heavy (non-hydrogen) atoms. The van der Waals surface area contributed by atoms with Crippen LogP contribution in [0.2, 0.25) is 0 Å². The van der Waals surface area contributed by atoms with Gasteiger partial charge in [-0.05, 0) is 38.1 Å². The SMILES string of the molecule is COc1ccccc1NC(=O)COC(=O)c1cc(C)cc(C)c1. The maximum absolute atomic E-state index is 12.0. The first-order valence-electron chi connectivity index (χ1n) is 7.18. The van der Waals surface area contributed by atoms with Gasteiger partial charge in [-0.1, -0.05) is 29.3 Å². The summed E-state index contributed by atoms with van der Waals surface area (Å²) in [6, 6.07) is 12.4. The van der Waals surface area contributed by atoms with E-state index < -0.39 is 11.9 Å². The van der Waals surface area contributed by atoms with Crippen LogP contribution < -0.4 is 10.1 Å². The molecule has 2 rings (SSSR count). The van der Waals surface area contributed by atoms with E-state index in [4.69, 9.17) is 9.47 Å². The Bertz CT molecular complexity index is 704. The third kappa shape index (κ3) is 4.57. The number of aryl methyl sites for hydroxylation is 2. The largest absolute Gasteiger partial charge is 0.495 e. The maximum atomic E-state index is 12.0. The van der Waals surface area contributed by atoms with Crippen molar-refractivity contribution in [2.45, 2.75) is 13.8 Å².